The standard InChI is InChI=1S/C19H32N2S/c1-4-5-13-21-14-12-18(16-21)8-10-19(11-9-18,20(2)3)17-7-6-15-22-17/h6-7,15H,4-5,8-14,16H2,1-3H3. The monoisotopic (exact) mass is 320 g/mol. The summed E-state index contributed by atoms with van der Waals surface area (Å²) in [5.74, 6) is 0. The summed E-state index contributed by atoms with van der Waals surface area (Å²) in [5.41, 5.74) is 0.931. The summed E-state index contributed by atoms with van der Waals surface area (Å²) in [7, 11) is 4.56. The zero-order valence-electron chi connectivity index (χ0n) is 14.6. The zero-order valence-corrected chi connectivity index (χ0v) is 15.4. The van der Waals surface area contributed by atoms with Gasteiger partial charge in [0.1, 0.15) is 0 Å². The third-order valence-corrected chi connectivity index (χ3v) is 7.38. The molecule has 2 fully saturated rings. The van der Waals surface area contributed by atoms with Crippen LogP contribution >= 0.6 is 11.3 Å². The average Bonchev–Trinajstić information content (AvgIpc) is 3.17. The Morgan fingerprint density at radius 2 is 1.95 bits per heavy atom. The van der Waals surface area contributed by atoms with Crippen molar-refractivity contribution in [3.05, 3.63) is 22.4 Å². The highest BCUT2D eigenvalue weighted by Gasteiger charge is 2.47. The minimum Gasteiger partial charge on any atom is -0.303 e. The molecule has 0 amide bonds. The van der Waals surface area contributed by atoms with Gasteiger partial charge in [-0.15, -0.1) is 11.3 Å². The number of hydrogen-bond donors (Lipinski definition) is 0. The maximum Gasteiger partial charge on any atom is 0.0549 e. The molecule has 1 aliphatic heterocycles. The molecule has 3 heteroatoms. The molecule has 1 aromatic rings. The molecule has 2 aliphatic rings. The molecule has 0 atom stereocenters. The third kappa shape index (κ3) is 3.00. The average molecular weight is 321 g/mol. The fraction of sp³-hybridized carbons (Fsp3) is 0.789. The first-order valence-corrected chi connectivity index (χ1v) is 9.92. The van der Waals surface area contributed by atoms with Crippen molar-refractivity contribution in [1.82, 2.24) is 9.80 Å². The summed E-state index contributed by atoms with van der Waals surface area (Å²) < 4.78 is 0. The molecule has 0 bridgehead atoms. The largest absolute Gasteiger partial charge is 0.303 e. The van der Waals surface area contributed by atoms with Crippen molar-refractivity contribution >= 4 is 11.3 Å². The minimum absolute atomic E-state index is 0.302. The molecule has 22 heavy (non-hydrogen) atoms. The van der Waals surface area contributed by atoms with Crippen molar-refractivity contribution in [2.24, 2.45) is 5.41 Å². The highest BCUT2D eigenvalue weighted by atomic mass is 32.1. The summed E-state index contributed by atoms with van der Waals surface area (Å²) >= 11 is 1.95. The molecule has 124 valence electrons. The Morgan fingerprint density at radius 1 is 1.18 bits per heavy atom. The molecule has 0 radical (unpaired) electrons. The van der Waals surface area contributed by atoms with Gasteiger partial charge in [0.05, 0.1) is 5.54 Å². The Kier molecular flexibility index (Phi) is 4.96. The van der Waals surface area contributed by atoms with Gasteiger partial charge in [-0.2, -0.15) is 0 Å². The Balaban J connectivity index is 1.67. The quantitative estimate of drug-likeness (QED) is 0.784. The van der Waals surface area contributed by atoms with Crippen molar-refractivity contribution < 1.29 is 0 Å². The van der Waals surface area contributed by atoms with Gasteiger partial charge in [0.2, 0.25) is 0 Å². The third-order valence-electron chi connectivity index (χ3n) is 6.32. The molecule has 1 aliphatic carbocycles. The number of thiophene rings is 1. The number of likely N-dealkylation sites (tertiary alicyclic amines) is 1. The van der Waals surface area contributed by atoms with Crippen LogP contribution in [0.4, 0.5) is 0 Å². The Bertz CT molecular complexity index is 458. The maximum atomic E-state index is 2.73. The van der Waals surface area contributed by atoms with E-state index in [-0.39, 0.29) is 0 Å². The fourth-order valence-electron chi connectivity index (χ4n) is 4.66. The van der Waals surface area contributed by atoms with Crippen molar-refractivity contribution in [3.63, 3.8) is 0 Å². The van der Waals surface area contributed by atoms with Gasteiger partial charge in [-0.1, -0.05) is 19.4 Å². The van der Waals surface area contributed by atoms with Gasteiger partial charge in [-0.05, 0) is 82.6 Å². The van der Waals surface area contributed by atoms with Gasteiger partial charge < -0.3 is 4.90 Å². The van der Waals surface area contributed by atoms with E-state index >= 15 is 0 Å². The summed E-state index contributed by atoms with van der Waals surface area (Å²) in [5, 5.41) is 2.24. The highest BCUT2D eigenvalue weighted by Crippen LogP contribution is 2.52. The first-order valence-electron chi connectivity index (χ1n) is 9.04. The second kappa shape index (κ2) is 6.62. The summed E-state index contributed by atoms with van der Waals surface area (Å²) in [4.78, 5) is 6.81. The van der Waals surface area contributed by atoms with E-state index in [0.29, 0.717) is 11.0 Å². The summed E-state index contributed by atoms with van der Waals surface area (Å²) in [6, 6.07) is 4.57. The first kappa shape index (κ1) is 16.5. The van der Waals surface area contributed by atoms with Gasteiger partial charge in [0.25, 0.3) is 0 Å². The number of nitrogens with zero attached hydrogens (tertiary/aromatic N) is 2. The first-order chi connectivity index (χ1) is 10.6. The molecule has 0 N–H and O–H groups in total. The molecular weight excluding hydrogens is 288 g/mol. The van der Waals surface area contributed by atoms with Crippen LogP contribution in [-0.2, 0) is 5.54 Å². The van der Waals surface area contributed by atoms with E-state index in [1.54, 1.807) is 4.88 Å². The second-order valence-corrected chi connectivity index (χ2v) is 8.73. The second-order valence-electron chi connectivity index (χ2n) is 7.78. The van der Waals surface area contributed by atoms with Crippen molar-refractivity contribution in [3.8, 4) is 0 Å². The van der Waals surface area contributed by atoms with Crippen LogP contribution in [0.2, 0.25) is 0 Å². The highest BCUT2D eigenvalue weighted by molar-refractivity contribution is 7.10. The number of rotatable bonds is 5. The van der Waals surface area contributed by atoms with E-state index < -0.39 is 0 Å². The van der Waals surface area contributed by atoms with E-state index in [4.69, 9.17) is 0 Å². The van der Waals surface area contributed by atoms with Crippen LogP contribution in [0.5, 0.6) is 0 Å². The van der Waals surface area contributed by atoms with E-state index in [0.717, 1.165) is 0 Å². The van der Waals surface area contributed by atoms with Crippen molar-refractivity contribution in [1.29, 1.82) is 0 Å². The Labute approximate surface area is 140 Å². The number of unbranched alkanes of at least 4 members (excludes halogenated alkanes) is 1. The van der Waals surface area contributed by atoms with Gasteiger partial charge in [0.15, 0.2) is 0 Å². The lowest BCUT2D eigenvalue weighted by molar-refractivity contribution is 0.0408. The topological polar surface area (TPSA) is 6.48 Å². The normalized spacial score (nSPS) is 33.1. The van der Waals surface area contributed by atoms with Crippen LogP contribution in [0.15, 0.2) is 17.5 Å². The molecular formula is C19H32N2S. The minimum atomic E-state index is 0.302. The molecule has 1 spiro atoms. The van der Waals surface area contributed by atoms with Crippen LogP contribution in [0.1, 0.15) is 56.7 Å². The van der Waals surface area contributed by atoms with Crippen LogP contribution in [0.25, 0.3) is 0 Å². The summed E-state index contributed by atoms with van der Waals surface area (Å²) in [6.45, 7) is 6.33. The van der Waals surface area contributed by atoms with Crippen LogP contribution in [-0.4, -0.2) is 43.5 Å². The lowest BCUT2D eigenvalue weighted by Gasteiger charge is -2.48. The van der Waals surface area contributed by atoms with Crippen molar-refractivity contribution in [2.75, 3.05) is 33.7 Å². The van der Waals surface area contributed by atoms with Crippen LogP contribution in [0.3, 0.4) is 0 Å². The summed E-state index contributed by atoms with van der Waals surface area (Å²) in [6.07, 6.45) is 9.62. The molecule has 1 aromatic heterocycles. The van der Waals surface area contributed by atoms with E-state index in [1.165, 1.54) is 64.6 Å². The molecule has 0 unspecified atom stereocenters. The predicted octanol–water partition coefficient (Wildman–Crippen LogP) is 4.57. The molecule has 0 aromatic carbocycles. The van der Waals surface area contributed by atoms with Crippen LogP contribution < -0.4 is 0 Å². The Hall–Kier alpha value is -0.380. The van der Waals surface area contributed by atoms with E-state index in [9.17, 15) is 0 Å². The van der Waals surface area contributed by atoms with Gasteiger partial charge in [-0.25, -0.2) is 0 Å². The van der Waals surface area contributed by atoms with Crippen molar-refractivity contribution in [2.45, 2.75) is 57.4 Å². The molecule has 2 heterocycles. The zero-order chi connectivity index (χ0) is 15.6. The molecule has 1 saturated carbocycles. The lowest BCUT2D eigenvalue weighted by atomic mass is 9.66. The van der Waals surface area contributed by atoms with Crippen LogP contribution in [0, 0.1) is 5.41 Å². The molecule has 1 saturated heterocycles. The fourth-order valence-corrected chi connectivity index (χ4v) is 5.73. The smallest absolute Gasteiger partial charge is 0.0549 e. The Morgan fingerprint density at radius 3 is 2.55 bits per heavy atom. The van der Waals surface area contributed by atoms with Gasteiger partial charge in [0, 0.05) is 11.4 Å². The van der Waals surface area contributed by atoms with E-state index in [2.05, 4.69) is 48.3 Å². The number of hydrogen-bond acceptors (Lipinski definition) is 3. The molecule has 3 rings (SSSR count). The maximum absolute atomic E-state index is 2.73. The predicted molar refractivity (Wildman–Crippen MR) is 96.6 cm³/mol. The van der Waals surface area contributed by atoms with Gasteiger partial charge in [-0.3, -0.25) is 4.90 Å². The SMILES string of the molecule is CCCCN1CCC2(CCC(c3cccs3)(N(C)C)CC2)C1. The molecule has 2 nitrogen and oxygen atoms in total. The van der Waals surface area contributed by atoms with Gasteiger partial charge >= 0.3 is 0 Å². The van der Waals surface area contributed by atoms with E-state index in [1.807, 2.05) is 11.3 Å². The lowest BCUT2D eigenvalue weighted by Crippen LogP contribution is -2.47.